The molecule has 0 aliphatic rings. The van der Waals surface area contributed by atoms with Crippen LogP contribution in [0.2, 0.25) is 0 Å². The van der Waals surface area contributed by atoms with E-state index in [1.54, 1.807) is 13.0 Å². The van der Waals surface area contributed by atoms with Gasteiger partial charge < -0.3 is 9.73 Å². The van der Waals surface area contributed by atoms with Crippen LogP contribution >= 0.6 is 0 Å². The number of benzene rings is 2. The van der Waals surface area contributed by atoms with Crippen LogP contribution in [0.25, 0.3) is 11.5 Å². The van der Waals surface area contributed by atoms with Gasteiger partial charge in [0.25, 0.3) is 0 Å². The van der Waals surface area contributed by atoms with E-state index >= 15 is 0 Å². The molecule has 9 heteroatoms. The number of anilines is 1. The number of carbonyl (C=O) groups is 1. The number of amides is 1. The minimum Gasteiger partial charge on any atom is -0.441 e. The molecule has 0 bridgehead atoms. The van der Waals surface area contributed by atoms with Crippen LogP contribution in [-0.2, 0) is 23.9 Å². The van der Waals surface area contributed by atoms with E-state index in [9.17, 15) is 18.0 Å². The molecule has 0 radical (unpaired) electrons. The summed E-state index contributed by atoms with van der Waals surface area (Å²) >= 11 is 0. The zero-order valence-electron chi connectivity index (χ0n) is 17.1. The van der Waals surface area contributed by atoms with E-state index in [1.807, 2.05) is 30.3 Å². The Morgan fingerprint density at radius 1 is 1.06 bits per heavy atom. The molecule has 0 atom stereocenters. The lowest BCUT2D eigenvalue weighted by Gasteiger charge is -2.10. The number of hydrogen-bond acceptors (Lipinski definition) is 4. The van der Waals surface area contributed by atoms with Gasteiger partial charge in [-0.2, -0.15) is 18.3 Å². The molecule has 164 valence electrons. The van der Waals surface area contributed by atoms with Crippen molar-refractivity contribution < 1.29 is 22.4 Å². The predicted octanol–water partition coefficient (Wildman–Crippen LogP) is 5.09. The Hall–Kier alpha value is -3.88. The Balaban J connectivity index is 1.42. The van der Waals surface area contributed by atoms with E-state index in [0.29, 0.717) is 28.7 Å². The second-order valence-electron chi connectivity index (χ2n) is 7.18. The molecule has 1 amide bonds. The minimum atomic E-state index is -4.39. The molecule has 6 nitrogen and oxygen atoms in total. The highest BCUT2D eigenvalue weighted by atomic mass is 19.4. The van der Waals surface area contributed by atoms with Crippen molar-refractivity contribution >= 4 is 11.7 Å². The number of rotatable bonds is 6. The van der Waals surface area contributed by atoms with Crippen LogP contribution in [0.15, 0.2) is 71.3 Å². The van der Waals surface area contributed by atoms with Crippen molar-refractivity contribution in [3.05, 3.63) is 89.4 Å². The molecule has 0 spiro atoms. The molecule has 2 aromatic carbocycles. The summed E-state index contributed by atoms with van der Waals surface area (Å²) in [5.74, 6) is 1.12. The third-order valence-corrected chi connectivity index (χ3v) is 4.84. The van der Waals surface area contributed by atoms with E-state index in [2.05, 4.69) is 15.4 Å². The Kier molecular flexibility index (Phi) is 5.81. The van der Waals surface area contributed by atoms with Gasteiger partial charge in [0.1, 0.15) is 11.6 Å². The summed E-state index contributed by atoms with van der Waals surface area (Å²) in [6, 6.07) is 15.8. The normalized spacial score (nSPS) is 11.5. The zero-order valence-corrected chi connectivity index (χ0v) is 17.1. The lowest BCUT2D eigenvalue weighted by Crippen LogP contribution is -2.18. The second-order valence-corrected chi connectivity index (χ2v) is 7.18. The standard InChI is InChI=1S/C23H19F3N4O2/c1-15-19(28-22(32-15)17-5-3-2-4-6-17)13-21(31)29-20-11-12-27-30(20)14-16-7-9-18(10-8-16)23(24,25)26/h2-12H,13-14H2,1H3,(H,29,31). The van der Waals surface area contributed by atoms with Gasteiger partial charge in [-0.1, -0.05) is 30.3 Å². The van der Waals surface area contributed by atoms with E-state index in [0.717, 1.165) is 17.7 Å². The van der Waals surface area contributed by atoms with E-state index < -0.39 is 11.7 Å². The van der Waals surface area contributed by atoms with Gasteiger partial charge in [-0.05, 0) is 36.8 Å². The minimum absolute atomic E-state index is 0.00757. The molecule has 4 rings (SSSR count). The van der Waals surface area contributed by atoms with Gasteiger partial charge in [-0.15, -0.1) is 0 Å². The topological polar surface area (TPSA) is 73.0 Å². The van der Waals surface area contributed by atoms with Gasteiger partial charge in [0, 0.05) is 11.6 Å². The van der Waals surface area contributed by atoms with E-state index in [1.165, 1.54) is 23.0 Å². The second kappa shape index (κ2) is 8.70. The highest BCUT2D eigenvalue weighted by molar-refractivity contribution is 5.91. The number of aryl methyl sites for hydroxylation is 1. The number of alkyl halides is 3. The van der Waals surface area contributed by atoms with Crippen molar-refractivity contribution in [1.82, 2.24) is 14.8 Å². The smallest absolute Gasteiger partial charge is 0.416 e. The SMILES string of the molecule is Cc1oc(-c2ccccc2)nc1CC(=O)Nc1ccnn1Cc1ccc(C(F)(F)F)cc1. The summed E-state index contributed by atoms with van der Waals surface area (Å²) in [5.41, 5.74) is 1.25. The van der Waals surface area contributed by atoms with Crippen molar-refractivity contribution in [2.24, 2.45) is 0 Å². The molecule has 32 heavy (non-hydrogen) atoms. The molecule has 2 aromatic heterocycles. The van der Waals surface area contributed by atoms with Crippen molar-refractivity contribution in [3.63, 3.8) is 0 Å². The number of oxazole rings is 1. The first-order valence-electron chi connectivity index (χ1n) is 9.79. The summed E-state index contributed by atoms with van der Waals surface area (Å²) in [6.07, 6.45) is -2.87. The fourth-order valence-electron chi connectivity index (χ4n) is 3.17. The summed E-state index contributed by atoms with van der Waals surface area (Å²) in [7, 11) is 0. The van der Waals surface area contributed by atoms with E-state index in [4.69, 9.17) is 4.42 Å². The molecule has 0 fully saturated rings. The predicted molar refractivity (Wildman–Crippen MR) is 112 cm³/mol. The average molecular weight is 440 g/mol. The maximum atomic E-state index is 12.7. The van der Waals surface area contributed by atoms with Crippen LogP contribution in [-0.4, -0.2) is 20.7 Å². The van der Waals surface area contributed by atoms with Crippen molar-refractivity contribution in [3.8, 4) is 11.5 Å². The Bertz CT molecular complexity index is 1210. The van der Waals surface area contributed by atoms with Crippen molar-refractivity contribution in [2.45, 2.75) is 26.1 Å². The quantitative estimate of drug-likeness (QED) is 0.453. The molecule has 0 aliphatic heterocycles. The lowest BCUT2D eigenvalue weighted by molar-refractivity contribution is -0.137. The summed E-state index contributed by atoms with van der Waals surface area (Å²) in [4.78, 5) is 17.0. The first-order valence-corrected chi connectivity index (χ1v) is 9.79. The number of nitrogens with one attached hydrogen (secondary N) is 1. The molecule has 0 saturated carbocycles. The first kappa shape index (κ1) is 21.4. The maximum Gasteiger partial charge on any atom is 0.416 e. The zero-order chi connectivity index (χ0) is 22.7. The molecule has 1 N–H and O–H groups in total. The van der Waals surface area contributed by atoms with Gasteiger partial charge in [0.15, 0.2) is 0 Å². The average Bonchev–Trinajstić information content (AvgIpc) is 3.35. The van der Waals surface area contributed by atoms with Crippen LogP contribution in [0.4, 0.5) is 19.0 Å². The van der Waals surface area contributed by atoms with Gasteiger partial charge >= 0.3 is 6.18 Å². The van der Waals surface area contributed by atoms with Crippen LogP contribution in [0.1, 0.15) is 22.6 Å². The summed E-state index contributed by atoms with van der Waals surface area (Å²) in [6.45, 7) is 1.96. The fraction of sp³-hybridized carbons (Fsp3) is 0.174. The van der Waals surface area contributed by atoms with Crippen LogP contribution < -0.4 is 5.32 Å². The van der Waals surface area contributed by atoms with Crippen molar-refractivity contribution in [2.75, 3.05) is 5.32 Å². The van der Waals surface area contributed by atoms with Gasteiger partial charge in [0.05, 0.1) is 30.4 Å². The molecular formula is C23H19F3N4O2. The fourth-order valence-corrected chi connectivity index (χ4v) is 3.17. The molecular weight excluding hydrogens is 421 g/mol. The summed E-state index contributed by atoms with van der Waals surface area (Å²) in [5, 5.41) is 6.92. The van der Waals surface area contributed by atoms with Gasteiger partial charge in [-0.25, -0.2) is 9.67 Å². The van der Waals surface area contributed by atoms with Crippen LogP contribution in [0, 0.1) is 6.92 Å². The largest absolute Gasteiger partial charge is 0.441 e. The number of hydrogen-bond donors (Lipinski definition) is 1. The molecule has 0 unspecified atom stereocenters. The molecule has 4 aromatic rings. The van der Waals surface area contributed by atoms with Gasteiger partial charge in [-0.3, -0.25) is 4.79 Å². The Labute approximate surface area is 181 Å². The van der Waals surface area contributed by atoms with Crippen LogP contribution in [0.3, 0.4) is 0 Å². The lowest BCUT2D eigenvalue weighted by atomic mass is 10.1. The maximum absolute atomic E-state index is 12.7. The first-order chi connectivity index (χ1) is 15.3. The van der Waals surface area contributed by atoms with Gasteiger partial charge in [0.2, 0.25) is 11.8 Å². The van der Waals surface area contributed by atoms with E-state index in [-0.39, 0.29) is 18.9 Å². The van der Waals surface area contributed by atoms with Crippen molar-refractivity contribution in [1.29, 1.82) is 0 Å². The van der Waals surface area contributed by atoms with Crippen LogP contribution in [0.5, 0.6) is 0 Å². The number of carbonyl (C=O) groups excluding carboxylic acids is 1. The molecule has 0 saturated heterocycles. The number of nitrogens with zero attached hydrogens (tertiary/aromatic N) is 3. The molecule has 2 heterocycles. The third kappa shape index (κ3) is 4.88. The highest BCUT2D eigenvalue weighted by Gasteiger charge is 2.29. The summed E-state index contributed by atoms with van der Waals surface area (Å²) < 4.78 is 45.4. The number of halogens is 3. The third-order valence-electron chi connectivity index (χ3n) is 4.84. The Morgan fingerprint density at radius 3 is 2.47 bits per heavy atom. The Morgan fingerprint density at radius 2 is 1.78 bits per heavy atom. The number of aromatic nitrogens is 3. The molecule has 0 aliphatic carbocycles. The monoisotopic (exact) mass is 440 g/mol. The highest BCUT2D eigenvalue weighted by Crippen LogP contribution is 2.29.